The van der Waals surface area contributed by atoms with Crippen LogP contribution in [0.1, 0.15) is 25.7 Å². The number of fused-ring (bicyclic) bond motifs is 1. The molecule has 248 valence electrons. The highest BCUT2D eigenvalue weighted by Gasteiger charge is 2.39. The van der Waals surface area contributed by atoms with Gasteiger partial charge in [0.1, 0.15) is 16.4 Å². The van der Waals surface area contributed by atoms with Gasteiger partial charge in [0.2, 0.25) is 5.95 Å². The molecule has 1 aromatic carbocycles. The molecule has 5 N–H and O–H groups in total. The van der Waals surface area contributed by atoms with Gasteiger partial charge in [0.15, 0.2) is 0 Å². The van der Waals surface area contributed by atoms with Crippen LogP contribution in [0.5, 0.6) is 0 Å². The van der Waals surface area contributed by atoms with Crippen molar-refractivity contribution >= 4 is 45.3 Å². The maximum absolute atomic E-state index is 13.6. The molecule has 2 aliphatic rings. The van der Waals surface area contributed by atoms with Gasteiger partial charge in [-0.05, 0) is 31.5 Å². The Hall–Kier alpha value is -4.07. The molecule has 3 aromatic rings. The van der Waals surface area contributed by atoms with Crippen LogP contribution in [-0.4, -0.2) is 87.6 Å². The number of aromatic nitrogens is 3. The van der Waals surface area contributed by atoms with E-state index in [9.17, 15) is 39.9 Å². The number of carboxylic acid groups (broad SMARTS) is 2. The number of carboxylic acids is 2. The second-order valence-corrected chi connectivity index (χ2v) is 10.8. The summed E-state index contributed by atoms with van der Waals surface area (Å²) in [5, 5.41) is 21.6. The maximum atomic E-state index is 13.6. The zero-order valence-corrected chi connectivity index (χ0v) is 23.8. The monoisotopic (exact) mass is 674 g/mol. The number of carbonyl (C=O) groups is 2. The van der Waals surface area contributed by atoms with Crippen molar-refractivity contribution in [1.82, 2.24) is 20.3 Å². The highest BCUT2D eigenvalue weighted by Crippen LogP contribution is 2.34. The fourth-order valence-electron chi connectivity index (χ4n) is 4.11. The Morgan fingerprint density at radius 3 is 2.09 bits per heavy atom. The number of aromatic amines is 1. The molecule has 0 bridgehead atoms. The third-order valence-electron chi connectivity index (χ3n) is 6.33. The van der Waals surface area contributed by atoms with Crippen LogP contribution >= 0.6 is 11.3 Å². The molecule has 2 aromatic heterocycles. The summed E-state index contributed by atoms with van der Waals surface area (Å²) in [5.74, 6) is -7.38. The van der Waals surface area contributed by atoms with Crippen LogP contribution in [0.25, 0.3) is 20.8 Å². The summed E-state index contributed by atoms with van der Waals surface area (Å²) in [6.45, 7) is 2.06. The van der Waals surface area contributed by atoms with Crippen molar-refractivity contribution in [2.45, 2.75) is 50.0 Å². The van der Waals surface area contributed by atoms with Crippen LogP contribution in [0.4, 0.5) is 46.9 Å². The second-order valence-electron chi connectivity index (χ2n) is 9.74. The zero-order chi connectivity index (χ0) is 33.6. The molecule has 11 nitrogen and oxygen atoms in total. The molecule has 20 heteroatoms. The van der Waals surface area contributed by atoms with E-state index < -0.39 is 30.2 Å². The Morgan fingerprint density at radius 1 is 1.00 bits per heavy atom. The second kappa shape index (κ2) is 14.4. The molecule has 4 heterocycles. The molecule has 0 aliphatic carbocycles. The van der Waals surface area contributed by atoms with Crippen molar-refractivity contribution in [3.05, 3.63) is 34.6 Å². The van der Waals surface area contributed by atoms with E-state index in [4.69, 9.17) is 24.8 Å². The molecule has 45 heavy (non-hydrogen) atoms. The first-order valence-electron chi connectivity index (χ1n) is 13.1. The topological polar surface area (TPSA) is 161 Å². The van der Waals surface area contributed by atoms with Crippen molar-refractivity contribution in [1.29, 1.82) is 0 Å². The molecule has 2 saturated heterocycles. The number of H-pyrrole nitrogens is 1. The summed E-state index contributed by atoms with van der Waals surface area (Å²) in [5.41, 5.74) is 0.917. The lowest BCUT2D eigenvalue weighted by atomic mass is 10.1. The summed E-state index contributed by atoms with van der Waals surface area (Å²) in [7, 11) is 0. The minimum Gasteiger partial charge on any atom is -0.475 e. The van der Waals surface area contributed by atoms with Gasteiger partial charge in [-0.3, -0.25) is 9.78 Å². The van der Waals surface area contributed by atoms with Gasteiger partial charge in [-0.25, -0.2) is 23.4 Å². The van der Waals surface area contributed by atoms with E-state index in [0.29, 0.717) is 22.3 Å². The molecule has 2 fully saturated rings. The summed E-state index contributed by atoms with van der Waals surface area (Å²) in [4.78, 5) is 44.9. The number of alkyl halides is 8. The average Bonchev–Trinajstić information content (AvgIpc) is 3.37. The largest absolute Gasteiger partial charge is 0.490 e. The number of hydrogen-bond donors (Lipinski definition) is 5. The summed E-state index contributed by atoms with van der Waals surface area (Å²) in [6.07, 6.45) is -8.66. The molecule has 5 rings (SSSR count). The molecule has 0 radical (unpaired) electrons. The molecular weight excluding hydrogens is 648 g/mol. The van der Waals surface area contributed by atoms with E-state index in [2.05, 4.69) is 20.6 Å². The predicted octanol–water partition coefficient (Wildman–Crippen LogP) is 4.71. The van der Waals surface area contributed by atoms with E-state index in [-0.39, 0.29) is 37.5 Å². The normalized spacial score (nSPS) is 18.2. The first kappa shape index (κ1) is 35.4. The molecular formula is C25H26F8N6O5S. The van der Waals surface area contributed by atoms with Crippen LogP contribution < -0.4 is 21.1 Å². The SMILES string of the molecule is O=C(O)C(F)(F)F.O=C(O)C(F)(F)F.O=c1[nH]c(N2CCC(F)(F)CC2)nc(N[C@@H]2CCCNC2)c1-c1nc2ccccc2s1. The summed E-state index contributed by atoms with van der Waals surface area (Å²) < 4.78 is 91.7. The van der Waals surface area contributed by atoms with Crippen LogP contribution in [0.15, 0.2) is 29.1 Å². The fourth-order valence-corrected chi connectivity index (χ4v) is 5.12. The van der Waals surface area contributed by atoms with Crippen molar-refractivity contribution in [2.24, 2.45) is 0 Å². The van der Waals surface area contributed by atoms with Crippen LogP contribution in [0.2, 0.25) is 0 Å². The van der Waals surface area contributed by atoms with Gasteiger partial charge in [0.25, 0.3) is 11.5 Å². The van der Waals surface area contributed by atoms with Crippen molar-refractivity contribution in [2.75, 3.05) is 36.4 Å². The standard InChI is InChI=1S/C21H24F2N6OS.2C2HF3O2/c22-21(23)7-10-29(11-8-21)20-27-17(25-13-4-3-9-24-12-13)16(18(30)28-20)19-26-14-5-1-2-6-15(14)31-19;2*3-2(4,5)1(6)7/h1-2,5-6,13,24H,3-4,7-12H2,(H2,25,27,28,30);2*(H,6,7)/t13-;;/m1../s1. The molecule has 0 saturated carbocycles. The average molecular weight is 675 g/mol. The van der Waals surface area contributed by atoms with Gasteiger partial charge in [0, 0.05) is 38.5 Å². The number of hydrogen-bond acceptors (Lipinski definition) is 9. The third kappa shape index (κ3) is 10.2. The van der Waals surface area contributed by atoms with E-state index in [1.807, 2.05) is 24.3 Å². The van der Waals surface area contributed by atoms with E-state index in [1.54, 1.807) is 4.90 Å². The van der Waals surface area contributed by atoms with Crippen molar-refractivity contribution < 1.29 is 54.9 Å². The van der Waals surface area contributed by atoms with Crippen LogP contribution in [0, 0.1) is 0 Å². The van der Waals surface area contributed by atoms with E-state index in [0.717, 1.165) is 36.1 Å². The van der Waals surface area contributed by atoms with Gasteiger partial charge in [-0.1, -0.05) is 12.1 Å². The Labute approximate surface area is 252 Å². The van der Waals surface area contributed by atoms with Gasteiger partial charge < -0.3 is 25.7 Å². The lowest BCUT2D eigenvalue weighted by Crippen LogP contribution is -2.42. The first-order chi connectivity index (χ1) is 20.9. The summed E-state index contributed by atoms with van der Waals surface area (Å²) >= 11 is 1.44. The first-order valence-corrected chi connectivity index (χ1v) is 13.9. The number of nitrogens with one attached hydrogen (secondary N) is 3. The van der Waals surface area contributed by atoms with Gasteiger partial charge in [-0.2, -0.15) is 31.3 Å². The number of para-hydroxylation sites is 1. The minimum absolute atomic E-state index is 0.134. The fraction of sp³-hybridized carbons (Fsp3) is 0.480. The number of rotatable bonds is 4. The molecule has 1 atom stereocenters. The van der Waals surface area contributed by atoms with E-state index >= 15 is 0 Å². The number of halogens is 8. The highest BCUT2D eigenvalue weighted by atomic mass is 32.1. The van der Waals surface area contributed by atoms with Gasteiger partial charge in [0.05, 0.1) is 10.2 Å². The third-order valence-corrected chi connectivity index (χ3v) is 7.39. The van der Waals surface area contributed by atoms with Crippen molar-refractivity contribution in [3.8, 4) is 10.6 Å². The lowest BCUT2D eigenvalue weighted by molar-refractivity contribution is -0.193. The van der Waals surface area contributed by atoms with Crippen molar-refractivity contribution in [3.63, 3.8) is 0 Å². The molecule has 0 amide bonds. The quantitative estimate of drug-likeness (QED) is 0.245. The molecule has 0 unspecified atom stereocenters. The van der Waals surface area contributed by atoms with Gasteiger partial charge in [-0.15, -0.1) is 11.3 Å². The number of anilines is 2. The maximum Gasteiger partial charge on any atom is 0.490 e. The Balaban J connectivity index is 0.000000331. The lowest BCUT2D eigenvalue weighted by Gasteiger charge is -2.32. The van der Waals surface area contributed by atoms with E-state index in [1.165, 1.54) is 11.3 Å². The number of aliphatic carboxylic acids is 2. The smallest absolute Gasteiger partial charge is 0.475 e. The number of piperidine rings is 2. The Kier molecular flexibility index (Phi) is 11.3. The number of nitrogens with zero attached hydrogens (tertiary/aromatic N) is 3. The van der Waals surface area contributed by atoms with Crippen LogP contribution in [-0.2, 0) is 9.59 Å². The Bertz CT molecular complexity index is 1470. The summed E-state index contributed by atoms with van der Waals surface area (Å²) in [6, 6.07) is 7.87. The zero-order valence-electron chi connectivity index (χ0n) is 22.9. The van der Waals surface area contributed by atoms with Crippen LogP contribution in [0.3, 0.4) is 0 Å². The minimum atomic E-state index is -5.08. The highest BCUT2D eigenvalue weighted by molar-refractivity contribution is 7.21. The Morgan fingerprint density at radius 2 is 1.58 bits per heavy atom. The molecule has 0 spiro atoms. The molecule has 2 aliphatic heterocycles. The number of thiazole rings is 1. The number of benzene rings is 1. The predicted molar refractivity (Wildman–Crippen MR) is 147 cm³/mol. The van der Waals surface area contributed by atoms with Gasteiger partial charge >= 0.3 is 24.3 Å².